The van der Waals surface area contributed by atoms with E-state index in [0.29, 0.717) is 0 Å². The van der Waals surface area contributed by atoms with Gasteiger partial charge in [0.2, 0.25) is 0 Å². The summed E-state index contributed by atoms with van der Waals surface area (Å²) in [6, 6.07) is 16.6. The number of nitrogens with zero attached hydrogens (tertiary/aromatic N) is 1. The Morgan fingerprint density at radius 1 is 0.800 bits per heavy atom. The van der Waals surface area contributed by atoms with E-state index in [0.717, 1.165) is 5.69 Å². The molecule has 104 valence electrons. The largest absolute Gasteiger partial charge is 0.399 e. The van der Waals surface area contributed by atoms with Crippen LogP contribution >= 0.6 is 0 Å². The van der Waals surface area contributed by atoms with Gasteiger partial charge in [-0.2, -0.15) is 0 Å². The lowest BCUT2D eigenvalue weighted by molar-refractivity contribution is 0.918. The molecule has 3 rings (SSSR count). The molecule has 1 heterocycles. The van der Waals surface area contributed by atoms with Gasteiger partial charge in [0.05, 0.1) is 0 Å². The Morgan fingerprint density at radius 3 is 2.00 bits per heavy atom. The first kappa shape index (κ1) is 14.2. The van der Waals surface area contributed by atoms with E-state index >= 15 is 0 Å². The molecule has 0 aliphatic rings. The number of hydrogen-bond donors (Lipinski definition) is 1. The van der Waals surface area contributed by atoms with Gasteiger partial charge < -0.3 is 10.3 Å². The highest BCUT2D eigenvalue weighted by Crippen LogP contribution is 2.18. The molecular formula is C18H22N2. The van der Waals surface area contributed by atoms with Crippen molar-refractivity contribution in [3.8, 4) is 0 Å². The van der Waals surface area contributed by atoms with E-state index in [4.69, 9.17) is 5.73 Å². The van der Waals surface area contributed by atoms with E-state index in [1.54, 1.807) is 0 Å². The van der Waals surface area contributed by atoms with E-state index in [-0.39, 0.29) is 0 Å². The number of aryl methyl sites for hydroxylation is 4. The molecule has 2 aromatic carbocycles. The van der Waals surface area contributed by atoms with Crippen molar-refractivity contribution in [2.45, 2.75) is 20.8 Å². The molecule has 0 unspecified atom stereocenters. The Labute approximate surface area is 120 Å². The van der Waals surface area contributed by atoms with Gasteiger partial charge in [-0.3, -0.25) is 0 Å². The molecule has 2 nitrogen and oxygen atoms in total. The number of anilines is 1. The molecule has 0 aliphatic carbocycles. The minimum absolute atomic E-state index is 0.829. The van der Waals surface area contributed by atoms with Crippen LogP contribution in [0.5, 0.6) is 0 Å². The lowest BCUT2D eigenvalue weighted by Gasteiger charge is -1.98. The van der Waals surface area contributed by atoms with E-state index in [9.17, 15) is 0 Å². The van der Waals surface area contributed by atoms with Crippen LogP contribution in [0.4, 0.5) is 5.69 Å². The van der Waals surface area contributed by atoms with Crippen LogP contribution in [-0.2, 0) is 7.05 Å². The molecule has 0 atom stereocenters. The van der Waals surface area contributed by atoms with Gasteiger partial charge >= 0.3 is 0 Å². The van der Waals surface area contributed by atoms with Crippen LogP contribution in [0, 0.1) is 20.8 Å². The minimum Gasteiger partial charge on any atom is -0.399 e. The second kappa shape index (κ2) is 5.83. The summed E-state index contributed by atoms with van der Waals surface area (Å²) in [5, 5.41) is 1.34. The predicted octanol–water partition coefficient (Wildman–Crippen LogP) is 4.37. The van der Waals surface area contributed by atoms with Crippen LogP contribution in [0.25, 0.3) is 10.9 Å². The maximum atomic E-state index is 5.43. The molecule has 0 amide bonds. The summed E-state index contributed by atoms with van der Waals surface area (Å²) in [5.74, 6) is 0. The second-order valence-electron chi connectivity index (χ2n) is 5.32. The summed E-state index contributed by atoms with van der Waals surface area (Å²) in [6.07, 6.45) is 0. The fourth-order valence-electron chi connectivity index (χ4n) is 2.17. The number of fused-ring (bicyclic) bond motifs is 1. The van der Waals surface area contributed by atoms with Crippen molar-refractivity contribution in [2.24, 2.45) is 7.05 Å². The van der Waals surface area contributed by atoms with Crippen molar-refractivity contribution in [3.63, 3.8) is 0 Å². The zero-order chi connectivity index (χ0) is 14.7. The topological polar surface area (TPSA) is 30.9 Å². The maximum Gasteiger partial charge on any atom is 0.0479 e. The minimum atomic E-state index is 0.829. The van der Waals surface area contributed by atoms with Gasteiger partial charge in [0.15, 0.2) is 0 Å². The Morgan fingerprint density at radius 2 is 1.40 bits per heavy atom. The van der Waals surface area contributed by atoms with E-state index in [2.05, 4.69) is 49.7 Å². The summed E-state index contributed by atoms with van der Waals surface area (Å²) in [6.45, 7) is 6.30. The molecule has 1 aromatic heterocycles. The molecule has 20 heavy (non-hydrogen) atoms. The summed E-state index contributed by atoms with van der Waals surface area (Å²) >= 11 is 0. The molecule has 3 aromatic rings. The fraction of sp³-hybridized carbons (Fsp3) is 0.222. The number of nitrogen functional groups attached to an aromatic ring is 1. The summed E-state index contributed by atoms with van der Waals surface area (Å²) in [4.78, 5) is 0. The first-order valence-electron chi connectivity index (χ1n) is 6.82. The third-order valence-corrected chi connectivity index (χ3v) is 3.52. The predicted molar refractivity (Wildman–Crippen MR) is 88.0 cm³/mol. The van der Waals surface area contributed by atoms with Crippen molar-refractivity contribution in [1.29, 1.82) is 0 Å². The fourth-order valence-corrected chi connectivity index (χ4v) is 2.17. The number of aromatic nitrogens is 1. The van der Waals surface area contributed by atoms with E-state index in [1.165, 1.54) is 27.7 Å². The van der Waals surface area contributed by atoms with Crippen molar-refractivity contribution in [3.05, 3.63) is 65.4 Å². The molecule has 0 spiro atoms. The molecule has 2 N–H and O–H groups in total. The average Bonchev–Trinajstić information content (AvgIpc) is 2.69. The molecule has 2 heteroatoms. The van der Waals surface area contributed by atoms with Gasteiger partial charge in [0, 0.05) is 29.3 Å². The van der Waals surface area contributed by atoms with Gasteiger partial charge in [-0.1, -0.05) is 29.3 Å². The Hall–Kier alpha value is -2.22. The summed E-state index contributed by atoms with van der Waals surface area (Å²) < 4.78 is 2.22. The van der Waals surface area contributed by atoms with Crippen LogP contribution in [0.3, 0.4) is 0 Å². The summed E-state index contributed by atoms with van der Waals surface area (Å²) in [7, 11) is 2.10. The van der Waals surface area contributed by atoms with Crippen LogP contribution in [0.2, 0.25) is 0 Å². The lowest BCUT2D eigenvalue weighted by atomic mass is 10.2. The van der Waals surface area contributed by atoms with Crippen LogP contribution in [-0.4, -0.2) is 4.57 Å². The number of hydrogen-bond acceptors (Lipinski definition) is 1. The van der Waals surface area contributed by atoms with Crippen molar-refractivity contribution < 1.29 is 0 Å². The summed E-state index contributed by atoms with van der Waals surface area (Å²) in [5.41, 5.74) is 11.5. The smallest absolute Gasteiger partial charge is 0.0479 e. The molecule has 0 saturated heterocycles. The second-order valence-corrected chi connectivity index (χ2v) is 5.32. The third-order valence-electron chi connectivity index (χ3n) is 3.52. The Balaban J connectivity index is 0.000000160. The number of nitrogens with two attached hydrogens (primary N) is 1. The highest BCUT2D eigenvalue weighted by molar-refractivity contribution is 5.81. The molecular weight excluding hydrogens is 244 g/mol. The third kappa shape index (κ3) is 3.21. The van der Waals surface area contributed by atoms with E-state index in [1.807, 2.05) is 31.2 Å². The van der Waals surface area contributed by atoms with Crippen molar-refractivity contribution in [2.75, 3.05) is 5.73 Å². The van der Waals surface area contributed by atoms with Gasteiger partial charge in [-0.25, -0.2) is 0 Å². The zero-order valence-electron chi connectivity index (χ0n) is 12.6. The first-order valence-corrected chi connectivity index (χ1v) is 6.82. The average molecular weight is 266 g/mol. The highest BCUT2D eigenvalue weighted by Gasteiger charge is 2.00. The van der Waals surface area contributed by atoms with Crippen LogP contribution in [0.1, 0.15) is 16.8 Å². The molecule has 0 radical (unpaired) electrons. The quantitative estimate of drug-likeness (QED) is 0.602. The maximum absolute atomic E-state index is 5.43. The van der Waals surface area contributed by atoms with Crippen LogP contribution < -0.4 is 5.73 Å². The SMILES string of the molecule is Cc1ccc(N)cc1.Cc1ccc2c(c1)cc(C)n2C. The van der Waals surface area contributed by atoms with Crippen molar-refractivity contribution >= 4 is 16.6 Å². The monoisotopic (exact) mass is 266 g/mol. The Bertz CT molecular complexity index is 685. The van der Waals surface area contributed by atoms with Gasteiger partial charge in [-0.05, 0) is 51.1 Å². The number of benzene rings is 2. The lowest BCUT2D eigenvalue weighted by Crippen LogP contribution is -1.88. The Kier molecular flexibility index (Phi) is 4.14. The zero-order valence-corrected chi connectivity index (χ0v) is 12.6. The number of rotatable bonds is 0. The van der Waals surface area contributed by atoms with Gasteiger partial charge in [-0.15, -0.1) is 0 Å². The van der Waals surface area contributed by atoms with Crippen molar-refractivity contribution in [1.82, 2.24) is 4.57 Å². The molecule has 0 aliphatic heterocycles. The highest BCUT2D eigenvalue weighted by atomic mass is 14.9. The standard InChI is InChI=1S/C11H13N.C7H9N/c1-8-4-5-11-10(6-8)7-9(2)12(11)3;1-6-2-4-7(8)5-3-6/h4-7H,1-3H3;2-5H,8H2,1H3. The van der Waals surface area contributed by atoms with Crippen LogP contribution in [0.15, 0.2) is 48.5 Å². The van der Waals surface area contributed by atoms with Gasteiger partial charge in [0.25, 0.3) is 0 Å². The molecule has 0 fully saturated rings. The van der Waals surface area contributed by atoms with E-state index < -0.39 is 0 Å². The molecule has 0 bridgehead atoms. The molecule has 0 saturated carbocycles. The normalized spacial score (nSPS) is 10.2. The first-order chi connectivity index (χ1) is 9.47. The van der Waals surface area contributed by atoms with Gasteiger partial charge in [0.1, 0.15) is 0 Å².